The number of benzene rings is 1. The summed E-state index contributed by atoms with van der Waals surface area (Å²) in [6.45, 7) is 9.71. The lowest BCUT2D eigenvalue weighted by Crippen LogP contribution is -2.45. The molecule has 1 aromatic rings. The summed E-state index contributed by atoms with van der Waals surface area (Å²) in [5.74, 6) is 0.901. The molecule has 1 unspecified atom stereocenters. The molecule has 1 saturated heterocycles. The Morgan fingerprint density at radius 1 is 1.32 bits per heavy atom. The van der Waals surface area contributed by atoms with E-state index in [1.807, 2.05) is 23.1 Å². The van der Waals surface area contributed by atoms with E-state index in [1.165, 1.54) is 12.0 Å². The minimum absolute atomic E-state index is 0.0869. The van der Waals surface area contributed by atoms with Gasteiger partial charge in [0.1, 0.15) is 5.75 Å². The van der Waals surface area contributed by atoms with Crippen LogP contribution < -0.4 is 4.74 Å². The van der Waals surface area contributed by atoms with Gasteiger partial charge in [-0.1, -0.05) is 39.8 Å². The van der Waals surface area contributed by atoms with E-state index in [2.05, 4.69) is 33.8 Å². The summed E-state index contributed by atoms with van der Waals surface area (Å²) in [5.41, 5.74) is 1.31. The standard InChI is InChI=1S/C19H29NO2/c1-5-16-10-6-7-12-20(16)18(21)14-22-17-11-8-9-15(13-17)19(2,3)4/h8-9,11,13,16H,5-7,10,12,14H2,1-4H3. The Bertz CT molecular complexity index is 504. The molecule has 122 valence electrons. The molecule has 0 bridgehead atoms. The summed E-state index contributed by atoms with van der Waals surface area (Å²) in [5, 5.41) is 0. The molecular weight excluding hydrogens is 274 g/mol. The van der Waals surface area contributed by atoms with Crippen LogP contribution in [0.25, 0.3) is 0 Å². The first-order chi connectivity index (χ1) is 10.4. The van der Waals surface area contributed by atoms with Gasteiger partial charge in [-0.3, -0.25) is 4.79 Å². The van der Waals surface area contributed by atoms with Crippen LogP contribution in [-0.2, 0) is 10.2 Å². The lowest BCUT2D eigenvalue weighted by Gasteiger charge is -2.35. The highest BCUT2D eigenvalue weighted by Gasteiger charge is 2.25. The zero-order valence-corrected chi connectivity index (χ0v) is 14.4. The van der Waals surface area contributed by atoms with Gasteiger partial charge in [0.25, 0.3) is 5.91 Å². The van der Waals surface area contributed by atoms with Gasteiger partial charge in [0.2, 0.25) is 0 Å². The fraction of sp³-hybridized carbons (Fsp3) is 0.632. The summed E-state index contributed by atoms with van der Waals surface area (Å²) in [4.78, 5) is 14.4. The van der Waals surface area contributed by atoms with Gasteiger partial charge >= 0.3 is 0 Å². The van der Waals surface area contributed by atoms with Crippen LogP contribution in [0.2, 0.25) is 0 Å². The molecule has 1 heterocycles. The van der Waals surface area contributed by atoms with E-state index >= 15 is 0 Å². The van der Waals surface area contributed by atoms with Crippen LogP contribution >= 0.6 is 0 Å². The van der Waals surface area contributed by atoms with Gasteiger partial charge in [-0.25, -0.2) is 0 Å². The SMILES string of the molecule is CCC1CCCCN1C(=O)COc1cccc(C(C)(C)C)c1. The topological polar surface area (TPSA) is 29.5 Å². The molecule has 2 rings (SSSR count). The lowest BCUT2D eigenvalue weighted by molar-refractivity contribution is -0.137. The monoisotopic (exact) mass is 303 g/mol. The first-order valence-electron chi connectivity index (χ1n) is 8.44. The molecule has 1 fully saturated rings. The van der Waals surface area contributed by atoms with Crippen LogP contribution in [0.3, 0.4) is 0 Å². The molecule has 3 nitrogen and oxygen atoms in total. The van der Waals surface area contributed by atoms with Crippen LogP contribution in [0.1, 0.15) is 58.9 Å². The summed E-state index contributed by atoms with van der Waals surface area (Å²) in [6, 6.07) is 8.46. The number of carbonyl (C=O) groups excluding carboxylic acids is 1. The van der Waals surface area contributed by atoms with Crippen molar-refractivity contribution in [3.05, 3.63) is 29.8 Å². The Hall–Kier alpha value is -1.51. The molecule has 0 spiro atoms. The number of hydrogen-bond donors (Lipinski definition) is 0. The lowest BCUT2D eigenvalue weighted by atomic mass is 9.87. The minimum atomic E-state index is 0.0869. The largest absolute Gasteiger partial charge is 0.484 e. The van der Waals surface area contributed by atoms with E-state index in [0.717, 1.165) is 31.6 Å². The van der Waals surface area contributed by atoms with Crippen molar-refractivity contribution in [1.82, 2.24) is 4.90 Å². The number of hydrogen-bond acceptors (Lipinski definition) is 2. The number of ether oxygens (including phenoxy) is 1. The second-order valence-electron chi connectivity index (χ2n) is 7.21. The smallest absolute Gasteiger partial charge is 0.260 e. The molecular formula is C19H29NO2. The van der Waals surface area contributed by atoms with Crippen LogP contribution in [0.15, 0.2) is 24.3 Å². The zero-order chi connectivity index (χ0) is 16.2. The molecule has 1 atom stereocenters. The number of likely N-dealkylation sites (tertiary alicyclic amines) is 1. The van der Waals surface area contributed by atoms with Crippen molar-refractivity contribution in [3.63, 3.8) is 0 Å². The van der Waals surface area contributed by atoms with E-state index < -0.39 is 0 Å². The predicted molar refractivity (Wildman–Crippen MR) is 90.3 cm³/mol. The number of amides is 1. The summed E-state index contributed by atoms with van der Waals surface area (Å²) in [7, 11) is 0. The molecule has 1 amide bonds. The molecule has 0 aromatic heterocycles. The van der Waals surface area contributed by atoms with E-state index in [0.29, 0.717) is 6.04 Å². The number of nitrogens with zero attached hydrogens (tertiary/aromatic N) is 1. The van der Waals surface area contributed by atoms with Gasteiger partial charge in [0.05, 0.1) is 0 Å². The van der Waals surface area contributed by atoms with Gasteiger partial charge in [-0.2, -0.15) is 0 Å². The van der Waals surface area contributed by atoms with Crippen LogP contribution in [0, 0.1) is 0 Å². The van der Waals surface area contributed by atoms with Crippen molar-refractivity contribution < 1.29 is 9.53 Å². The molecule has 3 heteroatoms. The summed E-state index contributed by atoms with van der Waals surface area (Å²) in [6.07, 6.45) is 4.51. The fourth-order valence-corrected chi connectivity index (χ4v) is 3.03. The van der Waals surface area contributed by atoms with Crippen molar-refractivity contribution in [2.75, 3.05) is 13.2 Å². The Labute approximate surface area is 134 Å². The Balaban J connectivity index is 1.96. The summed E-state index contributed by atoms with van der Waals surface area (Å²) >= 11 is 0. The average Bonchev–Trinajstić information content (AvgIpc) is 2.52. The second kappa shape index (κ2) is 7.17. The van der Waals surface area contributed by atoms with Crippen molar-refractivity contribution >= 4 is 5.91 Å². The Morgan fingerprint density at radius 2 is 2.09 bits per heavy atom. The van der Waals surface area contributed by atoms with Gasteiger partial charge in [-0.05, 0) is 48.8 Å². The fourth-order valence-electron chi connectivity index (χ4n) is 3.03. The van der Waals surface area contributed by atoms with Crippen molar-refractivity contribution in [1.29, 1.82) is 0 Å². The highest BCUT2D eigenvalue weighted by molar-refractivity contribution is 5.78. The average molecular weight is 303 g/mol. The van der Waals surface area contributed by atoms with Crippen molar-refractivity contribution in [2.24, 2.45) is 0 Å². The van der Waals surface area contributed by atoms with Crippen LogP contribution in [0.5, 0.6) is 5.75 Å². The van der Waals surface area contributed by atoms with Gasteiger partial charge < -0.3 is 9.64 Å². The Kier molecular flexibility index (Phi) is 5.49. The molecule has 1 aliphatic heterocycles. The van der Waals surface area contributed by atoms with E-state index in [9.17, 15) is 4.79 Å². The Morgan fingerprint density at radius 3 is 2.77 bits per heavy atom. The molecule has 0 aliphatic carbocycles. The van der Waals surface area contributed by atoms with Crippen LogP contribution in [0.4, 0.5) is 0 Å². The third kappa shape index (κ3) is 4.25. The van der Waals surface area contributed by atoms with E-state index in [1.54, 1.807) is 0 Å². The molecule has 0 N–H and O–H groups in total. The van der Waals surface area contributed by atoms with Gasteiger partial charge in [0, 0.05) is 12.6 Å². The van der Waals surface area contributed by atoms with Gasteiger partial charge in [-0.15, -0.1) is 0 Å². The maximum atomic E-state index is 12.4. The second-order valence-corrected chi connectivity index (χ2v) is 7.21. The zero-order valence-electron chi connectivity index (χ0n) is 14.4. The number of carbonyl (C=O) groups is 1. The van der Waals surface area contributed by atoms with Gasteiger partial charge in [0.15, 0.2) is 6.61 Å². The highest BCUT2D eigenvalue weighted by Crippen LogP contribution is 2.26. The molecule has 0 saturated carbocycles. The summed E-state index contributed by atoms with van der Waals surface area (Å²) < 4.78 is 5.76. The maximum Gasteiger partial charge on any atom is 0.260 e. The minimum Gasteiger partial charge on any atom is -0.484 e. The third-order valence-electron chi connectivity index (χ3n) is 4.48. The molecule has 1 aromatic carbocycles. The maximum absolute atomic E-state index is 12.4. The normalized spacial score (nSPS) is 19.1. The van der Waals surface area contributed by atoms with Crippen molar-refractivity contribution in [2.45, 2.75) is 64.8 Å². The first-order valence-corrected chi connectivity index (χ1v) is 8.44. The molecule has 22 heavy (non-hydrogen) atoms. The third-order valence-corrected chi connectivity index (χ3v) is 4.48. The first kappa shape index (κ1) is 16.9. The highest BCUT2D eigenvalue weighted by atomic mass is 16.5. The number of rotatable bonds is 4. The number of piperidine rings is 1. The van der Waals surface area contributed by atoms with Crippen LogP contribution in [-0.4, -0.2) is 30.0 Å². The molecule has 0 radical (unpaired) electrons. The quantitative estimate of drug-likeness (QED) is 0.836. The van der Waals surface area contributed by atoms with E-state index in [4.69, 9.17) is 4.74 Å². The van der Waals surface area contributed by atoms with Crippen molar-refractivity contribution in [3.8, 4) is 5.75 Å². The van der Waals surface area contributed by atoms with E-state index in [-0.39, 0.29) is 17.9 Å². The molecule has 1 aliphatic rings. The predicted octanol–water partition coefficient (Wildman–Crippen LogP) is 4.15.